The molecule has 0 amide bonds. The number of nitrogens with zero attached hydrogens (tertiary/aromatic N) is 6. The third kappa shape index (κ3) is 3.23. The van der Waals surface area contributed by atoms with E-state index in [9.17, 15) is 10.1 Å². The van der Waals surface area contributed by atoms with E-state index in [-0.39, 0.29) is 11.1 Å². The molecular weight excluding hydrogens is 368 g/mol. The van der Waals surface area contributed by atoms with Crippen LogP contribution in [0.1, 0.15) is 32.0 Å². The van der Waals surface area contributed by atoms with Gasteiger partial charge in [-0.1, -0.05) is 32.1 Å². The molecule has 4 rings (SSSR count). The molecule has 0 saturated heterocycles. The predicted molar refractivity (Wildman–Crippen MR) is 101 cm³/mol. The second kappa shape index (κ2) is 6.31. The molecule has 0 fully saturated rings. The molecule has 2 aromatic heterocycles. The first-order valence-corrected chi connectivity index (χ1v) is 9.16. The number of nitro groups is 1. The van der Waals surface area contributed by atoms with E-state index in [1.165, 1.54) is 23.7 Å². The van der Waals surface area contributed by atoms with Crippen LogP contribution in [0.15, 0.2) is 30.9 Å². The second-order valence-electron chi connectivity index (χ2n) is 7.26. The number of rotatable bonds is 3. The first-order chi connectivity index (χ1) is 12.8. The molecule has 0 saturated carbocycles. The largest absolute Gasteiger partial charge is 0.473 e. The van der Waals surface area contributed by atoms with E-state index in [0.717, 1.165) is 21.4 Å². The lowest BCUT2D eigenvalue weighted by molar-refractivity contribution is -0.384. The van der Waals surface area contributed by atoms with Crippen LogP contribution >= 0.6 is 11.3 Å². The maximum Gasteiger partial charge on any atom is 0.270 e. The summed E-state index contributed by atoms with van der Waals surface area (Å²) in [7, 11) is 0. The van der Waals surface area contributed by atoms with Crippen LogP contribution in [0.4, 0.5) is 10.8 Å². The number of nitro benzene ring substituents is 1. The highest BCUT2D eigenvalue weighted by atomic mass is 32.1. The standard InChI is InChI=1S/C17H18N6O3S/c1-17(2,3)14-15(22-9-18-8-19-22)27-16(20-14)21-7-11-6-12(23(24)25)4-5-13(11)26-10-21/h4-6,8-9H,7,10H2,1-3H3. The second-order valence-corrected chi connectivity index (χ2v) is 8.22. The summed E-state index contributed by atoms with van der Waals surface area (Å²) in [5.74, 6) is 0.668. The van der Waals surface area contributed by atoms with Crippen molar-refractivity contribution in [2.45, 2.75) is 32.7 Å². The highest BCUT2D eigenvalue weighted by Gasteiger charge is 2.29. The number of non-ortho nitro benzene ring substituents is 1. The van der Waals surface area contributed by atoms with Crippen LogP contribution in [-0.4, -0.2) is 31.4 Å². The maximum absolute atomic E-state index is 11.1. The van der Waals surface area contributed by atoms with Crippen molar-refractivity contribution in [1.82, 2.24) is 19.7 Å². The summed E-state index contributed by atoms with van der Waals surface area (Å²) in [6.07, 6.45) is 3.14. The van der Waals surface area contributed by atoms with Crippen molar-refractivity contribution in [1.29, 1.82) is 0 Å². The molecule has 9 nitrogen and oxygen atoms in total. The van der Waals surface area contributed by atoms with Gasteiger partial charge in [-0.3, -0.25) is 10.1 Å². The average molecular weight is 386 g/mol. The predicted octanol–water partition coefficient (Wildman–Crippen LogP) is 3.29. The number of thiazole rings is 1. The molecule has 0 radical (unpaired) electrons. The number of benzene rings is 1. The SMILES string of the molecule is CC(C)(C)c1nc(N2COc3ccc([N+](=O)[O-])cc3C2)sc1-n1cncn1. The van der Waals surface area contributed by atoms with Crippen molar-refractivity contribution in [2.24, 2.45) is 0 Å². The van der Waals surface area contributed by atoms with Crippen molar-refractivity contribution in [2.75, 3.05) is 11.6 Å². The first kappa shape index (κ1) is 17.4. The minimum Gasteiger partial charge on any atom is -0.473 e. The summed E-state index contributed by atoms with van der Waals surface area (Å²) in [5.41, 5.74) is 1.56. The molecule has 0 aliphatic carbocycles. The van der Waals surface area contributed by atoms with Gasteiger partial charge in [0.15, 0.2) is 11.9 Å². The van der Waals surface area contributed by atoms with Crippen molar-refractivity contribution in [3.05, 3.63) is 52.2 Å². The van der Waals surface area contributed by atoms with Crippen LogP contribution in [0.2, 0.25) is 0 Å². The van der Waals surface area contributed by atoms with E-state index in [1.807, 2.05) is 4.90 Å². The number of hydrogen-bond acceptors (Lipinski definition) is 8. The lowest BCUT2D eigenvalue weighted by Gasteiger charge is -2.28. The third-order valence-electron chi connectivity index (χ3n) is 4.20. The molecule has 3 heterocycles. The Morgan fingerprint density at radius 2 is 2.15 bits per heavy atom. The average Bonchev–Trinajstić information content (AvgIpc) is 3.29. The zero-order chi connectivity index (χ0) is 19.2. The fourth-order valence-electron chi connectivity index (χ4n) is 2.86. The smallest absolute Gasteiger partial charge is 0.270 e. The van der Waals surface area contributed by atoms with Crippen molar-refractivity contribution in [3.8, 4) is 10.8 Å². The zero-order valence-electron chi connectivity index (χ0n) is 15.1. The molecule has 3 aromatic rings. The molecular formula is C17H18N6O3S. The molecule has 0 atom stereocenters. The maximum atomic E-state index is 11.1. The summed E-state index contributed by atoms with van der Waals surface area (Å²) in [6, 6.07) is 4.66. The van der Waals surface area contributed by atoms with E-state index in [4.69, 9.17) is 9.72 Å². The Bertz CT molecular complexity index is 993. The van der Waals surface area contributed by atoms with Gasteiger partial charge in [0.05, 0.1) is 17.2 Å². The van der Waals surface area contributed by atoms with Crippen LogP contribution in [0, 0.1) is 10.1 Å². The monoisotopic (exact) mass is 386 g/mol. The molecule has 10 heteroatoms. The van der Waals surface area contributed by atoms with Crippen LogP contribution in [0.5, 0.6) is 5.75 Å². The Morgan fingerprint density at radius 1 is 1.33 bits per heavy atom. The molecule has 1 aromatic carbocycles. The normalized spacial score (nSPS) is 14.0. The molecule has 0 bridgehead atoms. The minimum absolute atomic E-state index is 0.0528. The van der Waals surface area contributed by atoms with E-state index < -0.39 is 4.92 Å². The molecule has 0 N–H and O–H groups in total. The number of anilines is 1. The zero-order valence-corrected chi connectivity index (χ0v) is 15.9. The Kier molecular flexibility index (Phi) is 4.06. The Morgan fingerprint density at radius 3 is 2.81 bits per heavy atom. The number of hydrogen-bond donors (Lipinski definition) is 0. The fourth-order valence-corrected chi connectivity index (χ4v) is 4.05. The molecule has 1 aliphatic rings. The number of ether oxygens (including phenoxy) is 1. The van der Waals surface area contributed by atoms with Gasteiger partial charge in [-0.15, -0.1) is 0 Å². The topological polar surface area (TPSA) is 99.2 Å². The Hall–Kier alpha value is -3.01. The minimum atomic E-state index is -0.400. The van der Waals surface area contributed by atoms with Crippen molar-refractivity contribution < 1.29 is 9.66 Å². The molecule has 0 unspecified atom stereocenters. The highest BCUT2D eigenvalue weighted by Crippen LogP contribution is 2.38. The summed E-state index contributed by atoms with van der Waals surface area (Å²) in [4.78, 5) is 21.5. The number of fused-ring (bicyclic) bond motifs is 1. The fraction of sp³-hybridized carbons (Fsp3) is 0.353. The summed E-state index contributed by atoms with van der Waals surface area (Å²) < 4.78 is 7.50. The molecule has 1 aliphatic heterocycles. The van der Waals surface area contributed by atoms with Gasteiger partial charge in [-0.25, -0.2) is 14.6 Å². The highest BCUT2D eigenvalue weighted by molar-refractivity contribution is 7.18. The van der Waals surface area contributed by atoms with E-state index in [0.29, 0.717) is 19.0 Å². The van der Waals surface area contributed by atoms with Gasteiger partial charge in [0, 0.05) is 23.1 Å². The van der Waals surface area contributed by atoms with Crippen LogP contribution < -0.4 is 9.64 Å². The first-order valence-electron chi connectivity index (χ1n) is 8.34. The lowest BCUT2D eigenvalue weighted by Crippen LogP contribution is -2.32. The van der Waals surface area contributed by atoms with Crippen molar-refractivity contribution >= 4 is 22.2 Å². The molecule has 140 valence electrons. The van der Waals surface area contributed by atoms with Gasteiger partial charge in [-0.05, 0) is 6.07 Å². The lowest BCUT2D eigenvalue weighted by atomic mass is 9.92. The summed E-state index contributed by atoms with van der Waals surface area (Å²) in [6.45, 7) is 7.11. The van der Waals surface area contributed by atoms with E-state index in [2.05, 4.69) is 30.9 Å². The van der Waals surface area contributed by atoms with E-state index in [1.54, 1.807) is 23.1 Å². The van der Waals surface area contributed by atoms with Gasteiger partial charge in [-0.2, -0.15) is 5.10 Å². The van der Waals surface area contributed by atoms with Gasteiger partial charge in [0.2, 0.25) is 0 Å². The van der Waals surface area contributed by atoms with Crippen LogP contribution in [-0.2, 0) is 12.0 Å². The van der Waals surface area contributed by atoms with Gasteiger partial charge in [0.25, 0.3) is 5.69 Å². The van der Waals surface area contributed by atoms with Gasteiger partial charge in [0.1, 0.15) is 23.4 Å². The van der Waals surface area contributed by atoms with Crippen LogP contribution in [0.25, 0.3) is 5.00 Å². The van der Waals surface area contributed by atoms with Gasteiger partial charge < -0.3 is 9.64 Å². The van der Waals surface area contributed by atoms with Crippen LogP contribution in [0.3, 0.4) is 0 Å². The summed E-state index contributed by atoms with van der Waals surface area (Å²) in [5, 5.41) is 17.0. The van der Waals surface area contributed by atoms with E-state index >= 15 is 0 Å². The number of aromatic nitrogens is 4. The molecule has 27 heavy (non-hydrogen) atoms. The van der Waals surface area contributed by atoms with Crippen molar-refractivity contribution in [3.63, 3.8) is 0 Å². The molecule has 0 spiro atoms. The third-order valence-corrected chi connectivity index (χ3v) is 5.30. The summed E-state index contributed by atoms with van der Waals surface area (Å²) >= 11 is 1.50. The Labute approximate surface area is 159 Å². The quantitative estimate of drug-likeness (QED) is 0.503. The van der Waals surface area contributed by atoms with Gasteiger partial charge >= 0.3 is 0 Å². The Balaban J connectivity index is 1.70.